The molecule has 0 amide bonds. The Balaban J connectivity index is 0.000000248. The smallest absolute Gasteiger partial charge is 0.338 e. The minimum absolute atomic E-state index is 0.217. The van der Waals surface area contributed by atoms with Gasteiger partial charge in [-0.25, -0.2) is 4.79 Å². The van der Waals surface area contributed by atoms with E-state index >= 15 is 0 Å². The largest absolute Gasteiger partial charge is 0.462 e. The van der Waals surface area contributed by atoms with Crippen LogP contribution < -0.4 is 0 Å². The number of carbonyl (C=O) groups excluding carboxylic acids is 1. The Bertz CT molecular complexity index is 948. The lowest BCUT2D eigenvalue weighted by molar-refractivity contribution is 0.0155. The minimum Gasteiger partial charge on any atom is -0.462 e. The monoisotopic (exact) mass is 562 g/mol. The molecule has 3 heteroatoms. The van der Waals surface area contributed by atoms with Crippen LogP contribution in [0.15, 0.2) is 48.5 Å². The third-order valence-electron chi connectivity index (χ3n) is 9.38. The molecular weight excluding hydrogens is 504 g/mol. The summed E-state index contributed by atoms with van der Waals surface area (Å²) in [5.41, 5.74) is 4.67. The SMILES string of the molecule is CCC1CCC(OCCCCCCOC(=O)c2ccc(C)cc2)CC1.Cc1ccc(CCC2CCC(C)CC2)cc1. The van der Waals surface area contributed by atoms with E-state index in [2.05, 4.69) is 45.0 Å². The van der Waals surface area contributed by atoms with Crippen molar-refractivity contribution < 1.29 is 14.3 Å². The summed E-state index contributed by atoms with van der Waals surface area (Å²) in [7, 11) is 0. The number of ether oxygens (including phenoxy) is 2. The lowest BCUT2D eigenvalue weighted by Crippen LogP contribution is -2.21. The average molecular weight is 563 g/mol. The number of esters is 1. The molecule has 228 valence electrons. The maximum Gasteiger partial charge on any atom is 0.338 e. The minimum atomic E-state index is -0.217. The predicted molar refractivity (Wildman–Crippen MR) is 173 cm³/mol. The van der Waals surface area contributed by atoms with Gasteiger partial charge in [-0.2, -0.15) is 0 Å². The molecule has 0 saturated heterocycles. The van der Waals surface area contributed by atoms with Crippen molar-refractivity contribution in [1.82, 2.24) is 0 Å². The fourth-order valence-corrected chi connectivity index (χ4v) is 6.20. The second-order valence-corrected chi connectivity index (χ2v) is 13.0. The van der Waals surface area contributed by atoms with Gasteiger partial charge in [-0.15, -0.1) is 0 Å². The molecule has 41 heavy (non-hydrogen) atoms. The Hall–Kier alpha value is -2.13. The highest BCUT2D eigenvalue weighted by Gasteiger charge is 2.20. The van der Waals surface area contributed by atoms with E-state index < -0.39 is 0 Å². The van der Waals surface area contributed by atoms with Gasteiger partial charge in [-0.05, 0) is 107 Å². The maximum atomic E-state index is 11.9. The molecule has 2 saturated carbocycles. The molecule has 0 N–H and O–H groups in total. The Morgan fingerprint density at radius 2 is 1.27 bits per heavy atom. The fraction of sp³-hybridized carbons (Fsp3) is 0.658. The van der Waals surface area contributed by atoms with Gasteiger partial charge in [0.25, 0.3) is 0 Å². The van der Waals surface area contributed by atoms with Crippen LogP contribution in [0.2, 0.25) is 0 Å². The van der Waals surface area contributed by atoms with Gasteiger partial charge in [-0.1, -0.05) is 99.9 Å². The molecule has 0 unspecified atom stereocenters. The average Bonchev–Trinajstić information content (AvgIpc) is 3.00. The van der Waals surface area contributed by atoms with E-state index in [9.17, 15) is 4.79 Å². The molecular formula is C38H58O3. The van der Waals surface area contributed by atoms with Crippen LogP contribution in [0.1, 0.15) is 131 Å². The summed E-state index contributed by atoms with van der Waals surface area (Å²) in [5.74, 6) is 2.70. The number of hydrogen-bond donors (Lipinski definition) is 0. The molecule has 0 aliphatic heterocycles. The van der Waals surface area contributed by atoms with Crippen LogP contribution in [0.3, 0.4) is 0 Å². The van der Waals surface area contributed by atoms with Crippen molar-refractivity contribution in [2.75, 3.05) is 13.2 Å². The second-order valence-electron chi connectivity index (χ2n) is 13.0. The lowest BCUT2D eigenvalue weighted by atomic mass is 9.80. The van der Waals surface area contributed by atoms with Gasteiger partial charge in [0.1, 0.15) is 0 Å². The number of rotatable bonds is 13. The number of benzene rings is 2. The molecule has 0 radical (unpaired) electrons. The van der Waals surface area contributed by atoms with Crippen molar-refractivity contribution >= 4 is 5.97 Å². The van der Waals surface area contributed by atoms with Crippen molar-refractivity contribution in [2.24, 2.45) is 17.8 Å². The van der Waals surface area contributed by atoms with Crippen LogP contribution in [0, 0.1) is 31.6 Å². The van der Waals surface area contributed by atoms with Gasteiger partial charge in [0, 0.05) is 6.61 Å². The van der Waals surface area contributed by atoms with Gasteiger partial charge in [0.2, 0.25) is 0 Å². The third kappa shape index (κ3) is 13.6. The van der Waals surface area contributed by atoms with Crippen molar-refractivity contribution in [2.45, 2.75) is 130 Å². The number of aryl methyl sites for hydroxylation is 3. The molecule has 2 aromatic rings. The third-order valence-corrected chi connectivity index (χ3v) is 9.38. The Morgan fingerprint density at radius 1 is 0.707 bits per heavy atom. The van der Waals surface area contributed by atoms with Crippen LogP contribution in [-0.4, -0.2) is 25.3 Å². The molecule has 0 atom stereocenters. The topological polar surface area (TPSA) is 35.5 Å². The zero-order valence-electron chi connectivity index (χ0n) is 26.7. The molecule has 0 heterocycles. The summed E-state index contributed by atoms with van der Waals surface area (Å²) in [6.45, 7) is 10.3. The number of carbonyl (C=O) groups is 1. The normalized spacial score (nSPS) is 22.4. The summed E-state index contributed by atoms with van der Waals surface area (Å²) in [4.78, 5) is 11.9. The summed E-state index contributed by atoms with van der Waals surface area (Å²) in [5, 5.41) is 0. The first-order valence-electron chi connectivity index (χ1n) is 16.8. The molecule has 0 spiro atoms. The van der Waals surface area contributed by atoms with Crippen molar-refractivity contribution in [1.29, 1.82) is 0 Å². The van der Waals surface area contributed by atoms with E-state index in [4.69, 9.17) is 9.47 Å². The van der Waals surface area contributed by atoms with Gasteiger partial charge >= 0.3 is 5.97 Å². The number of hydrogen-bond acceptors (Lipinski definition) is 3. The molecule has 3 nitrogen and oxygen atoms in total. The van der Waals surface area contributed by atoms with E-state index in [0.29, 0.717) is 18.3 Å². The van der Waals surface area contributed by atoms with Crippen LogP contribution >= 0.6 is 0 Å². The summed E-state index contributed by atoms with van der Waals surface area (Å²) < 4.78 is 11.3. The van der Waals surface area contributed by atoms with Crippen LogP contribution in [-0.2, 0) is 15.9 Å². The highest BCUT2D eigenvalue weighted by molar-refractivity contribution is 5.89. The summed E-state index contributed by atoms with van der Waals surface area (Å²) in [6.07, 6.45) is 19.8. The van der Waals surface area contributed by atoms with Gasteiger partial charge < -0.3 is 9.47 Å². The highest BCUT2D eigenvalue weighted by atomic mass is 16.5. The molecule has 4 rings (SSSR count). The first-order chi connectivity index (χ1) is 19.9. The molecule has 2 aliphatic carbocycles. The van der Waals surface area contributed by atoms with Crippen molar-refractivity contribution in [3.63, 3.8) is 0 Å². The van der Waals surface area contributed by atoms with Gasteiger partial charge in [0.05, 0.1) is 18.3 Å². The van der Waals surface area contributed by atoms with Crippen LogP contribution in [0.4, 0.5) is 0 Å². The molecule has 0 aromatic heterocycles. The molecule has 2 aromatic carbocycles. The summed E-state index contributed by atoms with van der Waals surface area (Å²) in [6, 6.07) is 16.6. The Morgan fingerprint density at radius 3 is 1.88 bits per heavy atom. The highest BCUT2D eigenvalue weighted by Crippen LogP contribution is 2.31. The standard InChI is InChI=1S/C22H34O3.C16H24/c1-3-19-10-14-21(15-11-19)24-16-6-4-5-7-17-25-22(23)20-12-8-18(2)9-13-20;1-13-3-7-15(8-4-13)11-12-16-9-5-14(2)6-10-16/h8-9,12-13,19,21H,3-7,10-11,14-17H2,1-2H3;3-4,7-8,14,16H,5-6,9-12H2,1-2H3. The van der Waals surface area contributed by atoms with Crippen LogP contribution in [0.25, 0.3) is 0 Å². The Labute approximate surface area is 251 Å². The fourth-order valence-electron chi connectivity index (χ4n) is 6.20. The first-order valence-corrected chi connectivity index (χ1v) is 16.8. The summed E-state index contributed by atoms with van der Waals surface area (Å²) >= 11 is 0. The van der Waals surface area contributed by atoms with Crippen molar-refractivity contribution in [3.8, 4) is 0 Å². The molecule has 2 aliphatic rings. The van der Waals surface area contributed by atoms with E-state index in [0.717, 1.165) is 55.6 Å². The van der Waals surface area contributed by atoms with Gasteiger partial charge in [0.15, 0.2) is 0 Å². The van der Waals surface area contributed by atoms with E-state index in [-0.39, 0.29) is 5.97 Å². The second kappa shape index (κ2) is 19.1. The molecule has 2 fully saturated rings. The van der Waals surface area contributed by atoms with E-state index in [1.165, 1.54) is 81.8 Å². The molecule has 0 bridgehead atoms. The quantitative estimate of drug-likeness (QED) is 0.180. The zero-order valence-corrected chi connectivity index (χ0v) is 26.7. The Kier molecular flexibility index (Phi) is 15.6. The maximum absolute atomic E-state index is 11.9. The predicted octanol–water partition coefficient (Wildman–Crippen LogP) is 10.5. The van der Waals surface area contributed by atoms with Crippen molar-refractivity contribution in [3.05, 3.63) is 70.8 Å². The van der Waals surface area contributed by atoms with E-state index in [1.807, 2.05) is 31.2 Å². The van der Waals surface area contributed by atoms with E-state index in [1.54, 1.807) is 0 Å². The number of unbranched alkanes of at least 4 members (excludes halogenated alkanes) is 3. The zero-order chi connectivity index (χ0) is 29.3. The van der Waals surface area contributed by atoms with Gasteiger partial charge in [-0.3, -0.25) is 0 Å². The lowest BCUT2D eigenvalue weighted by Gasteiger charge is -2.27. The van der Waals surface area contributed by atoms with Crippen LogP contribution in [0.5, 0.6) is 0 Å². The first kappa shape index (κ1) is 33.4.